The molecule has 0 heterocycles. The molecule has 0 spiro atoms. The van der Waals surface area contributed by atoms with Crippen LogP contribution in [0.1, 0.15) is 84.0 Å². The molecule has 2 atom stereocenters. The Morgan fingerprint density at radius 2 is 1.40 bits per heavy atom. The molecular formula is C19H36O5S. The molecule has 0 fully saturated rings. The summed E-state index contributed by atoms with van der Waals surface area (Å²) >= 11 is 1.62. The number of aliphatic hydroxyl groups is 1. The zero-order valence-corrected chi connectivity index (χ0v) is 16.4. The van der Waals surface area contributed by atoms with Crippen LogP contribution in [0.5, 0.6) is 0 Å². The van der Waals surface area contributed by atoms with E-state index < -0.39 is 30.4 Å². The first-order chi connectivity index (χ1) is 12.0. The van der Waals surface area contributed by atoms with Crippen molar-refractivity contribution in [3.05, 3.63) is 0 Å². The smallest absolute Gasteiger partial charge is 0.307 e. The van der Waals surface area contributed by atoms with E-state index in [-0.39, 0.29) is 6.42 Å². The minimum absolute atomic E-state index is 0.00661. The molecule has 0 aromatic carbocycles. The van der Waals surface area contributed by atoms with E-state index in [2.05, 4.69) is 6.92 Å². The summed E-state index contributed by atoms with van der Waals surface area (Å²) in [6.07, 6.45) is 11.7. The molecule has 6 heteroatoms. The van der Waals surface area contributed by atoms with Crippen LogP contribution in [0.4, 0.5) is 0 Å². The molecule has 0 rings (SSSR count). The number of hydrogen-bond acceptors (Lipinski definition) is 4. The Morgan fingerprint density at radius 1 is 0.880 bits per heavy atom. The number of hydrogen-bond donors (Lipinski definition) is 3. The molecular weight excluding hydrogens is 340 g/mol. The zero-order valence-electron chi connectivity index (χ0n) is 15.6. The second-order valence-corrected chi connectivity index (χ2v) is 7.93. The average Bonchev–Trinajstić information content (AvgIpc) is 2.54. The van der Waals surface area contributed by atoms with Crippen LogP contribution in [-0.2, 0) is 9.59 Å². The van der Waals surface area contributed by atoms with Gasteiger partial charge in [-0.15, -0.1) is 0 Å². The fourth-order valence-electron chi connectivity index (χ4n) is 2.79. The summed E-state index contributed by atoms with van der Waals surface area (Å²) in [7, 11) is 0. The molecule has 0 aliphatic rings. The maximum atomic E-state index is 11.0. The van der Waals surface area contributed by atoms with Crippen molar-refractivity contribution < 1.29 is 24.9 Å². The molecule has 25 heavy (non-hydrogen) atoms. The van der Waals surface area contributed by atoms with Gasteiger partial charge in [-0.05, 0) is 18.6 Å². The van der Waals surface area contributed by atoms with Crippen LogP contribution < -0.4 is 0 Å². The van der Waals surface area contributed by atoms with E-state index in [0.29, 0.717) is 5.75 Å². The Labute approximate surface area is 156 Å². The Balaban J connectivity index is 3.49. The van der Waals surface area contributed by atoms with Gasteiger partial charge < -0.3 is 15.3 Å². The highest BCUT2D eigenvalue weighted by atomic mass is 32.2. The number of unbranched alkanes of at least 4 members (excludes halogenated alkanes) is 9. The minimum atomic E-state index is -1.15. The molecule has 3 N–H and O–H groups in total. The standard InChI is InChI=1S/C19H36O5S/c1-2-3-4-5-6-7-8-9-10-11-12-25-15-17(20)13-16(19(23)24)14-18(21)22/h16-17,20H,2-15H2,1H3,(H,21,22)(H,23,24). The van der Waals surface area contributed by atoms with Crippen molar-refractivity contribution in [2.24, 2.45) is 5.92 Å². The summed E-state index contributed by atoms with van der Waals surface area (Å²) < 4.78 is 0. The number of carbonyl (C=O) groups is 2. The lowest BCUT2D eigenvalue weighted by molar-refractivity contribution is -0.149. The molecule has 0 saturated heterocycles. The van der Waals surface area contributed by atoms with E-state index in [9.17, 15) is 14.7 Å². The van der Waals surface area contributed by atoms with Crippen molar-refractivity contribution in [1.82, 2.24) is 0 Å². The largest absolute Gasteiger partial charge is 0.481 e. The van der Waals surface area contributed by atoms with E-state index >= 15 is 0 Å². The van der Waals surface area contributed by atoms with Gasteiger partial charge in [-0.2, -0.15) is 11.8 Å². The number of carboxylic acid groups (broad SMARTS) is 2. The van der Waals surface area contributed by atoms with Crippen LogP contribution in [0.2, 0.25) is 0 Å². The lowest BCUT2D eigenvalue weighted by atomic mass is 9.99. The van der Waals surface area contributed by atoms with Crippen molar-refractivity contribution in [3.8, 4) is 0 Å². The summed E-state index contributed by atoms with van der Waals surface area (Å²) in [5, 5.41) is 27.5. The van der Waals surface area contributed by atoms with Crippen molar-refractivity contribution in [2.45, 2.75) is 90.1 Å². The molecule has 5 nitrogen and oxygen atoms in total. The average molecular weight is 377 g/mol. The fraction of sp³-hybridized carbons (Fsp3) is 0.895. The molecule has 0 radical (unpaired) electrons. The zero-order chi connectivity index (χ0) is 18.9. The Morgan fingerprint density at radius 3 is 1.88 bits per heavy atom. The van der Waals surface area contributed by atoms with Crippen molar-refractivity contribution >= 4 is 23.7 Å². The van der Waals surface area contributed by atoms with Gasteiger partial charge in [-0.1, -0.05) is 64.7 Å². The third-order valence-corrected chi connectivity index (χ3v) is 5.48. The van der Waals surface area contributed by atoms with E-state index in [1.165, 1.54) is 57.8 Å². The van der Waals surface area contributed by atoms with Crippen LogP contribution in [0.3, 0.4) is 0 Å². The van der Waals surface area contributed by atoms with E-state index in [4.69, 9.17) is 10.2 Å². The van der Waals surface area contributed by atoms with Gasteiger partial charge in [0.15, 0.2) is 0 Å². The number of aliphatic hydroxyl groups excluding tert-OH is 1. The number of carboxylic acids is 2. The van der Waals surface area contributed by atoms with Crippen molar-refractivity contribution in [1.29, 1.82) is 0 Å². The van der Waals surface area contributed by atoms with E-state index in [1.54, 1.807) is 11.8 Å². The molecule has 0 bridgehead atoms. The minimum Gasteiger partial charge on any atom is -0.481 e. The highest BCUT2D eigenvalue weighted by Gasteiger charge is 2.24. The van der Waals surface area contributed by atoms with Crippen molar-refractivity contribution in [2.75, 3.05) is 11.5 Å². The summed E-state index contributed by atoms with van der Waals surface area (Å²) in [4.78, 5) is 21.6. The predicted octanol–water partition coefficient (Wildman–Crippen LogP) is 4.57. The summed E-state index contributed by atoms with van der Waals surface area (Å²) in [5.41, 5.74) is 0. The molecule has 0 aliphatic carbocycles. The van der Waals surface area contributed by atoms with Crippen LogP contribution >= 0.6 is 11.8 Å². The third kappa shape index (κ3) is 16.5. The summed E-state index contributed by atoms with van der Waals surface area (Å²) in [6, 6.07) is 0. The second kappa shape index (κ2) is 16.7. The van der Waals surface area contributed by atoms with Gasteiger partial charge in [0.25, 0.3) is 0 Å². The normalized spacial score (nSPS) is 13.5. The van der Waals surface area contributed by atoms with Crippen molar-refractivity contribution in [3.63, 3.8) is 0 Å². The molecule has 0 aromatic rings. The molecule has 2 unspecified atom stereocenters. The van der Waals surface area contributed by atoms with Crippen LogP contribution in [-0.4, -0.2) is 44.9 Å². The summed E-state index contributed by atoms with van der Waals surface area (Å²) in [5.74, 6) is -1.87. The maximum absolute atomic E-state index is 11.0. The van der Waals surface area contributed by atoms with Crippen LogP contribution in [0.15, 0.2) is 0 Å². The molecule has 0 saturated carbocycles. The predicted molar refractivity (Wildman–Crippen MR) is 103 cm³/mol. The van der Waals surface area contributed by atoms with Gasteiger partial charge in [-0.3, -0.25) is 9.59 Å². The van der Waals surface area contributed by atoms with Gasteiger partial charge in [0.1, 0.15) is 0 Å². The molecule has 0 amide bonds. The van der Waals surface area contributed by atoms with E-state index in [0.717, 1.165) is 12.2 Å². The number of rotatable bonds is 18. The fourth-order valence-corrected chi connectivity index (χ4v) is 3.77. The highest BCUT2D eigenvalue weighted by molar-refractivity contribution is 7.99. The second-order valence-electron chi connectivity index (χ2n) is 6.78. The topological polar surface area (TPSA) is 94.8 Å². The van der Waals surface area contributed by atoms with Gasteiger partial charge >= 0.3 is 11.9 Å². The lowest BCUT2D eigenvalue weighted by Crippen LogP contribution is -2.24. The van der Waals surface area contributed by atoms with Gasteiger partial charge in [0.2, 0.25) is 0 Å². The number of aliphatic carboxylic acids is 2. The summed E-state index contributed by atoms with van der Waals surface area (Å²) in [6.45, 7) is 2.23. The lowest BCUT2D eigenvalue weighted by Gasteiger charge is -2.15. The SMILES string of the molecule is CCCCCCCCCCCCSCC(O)CC(CC(=O)O)C(=O)O. The Hall–Kier alpha value is -0.750. The Kier molecular flexibility index (Phi) is 16.2. The van der Waals surface area contributed by atoms with Crippen LogP contribution in [0, 0.1) is 5.92 Å². The van der Waals surface area contributed by atoms with Gasteiger partial charge in [0.05, 0.1) is 18.4 Å². The quantitative estimate of drug-likeness (QED) is 0.303. The van der Waals surface area contributed by atoms with Gasteiger partial charge in [-0.25, -0.2) is 0 Å². The highest BCUT2D eigenvalue weighted by Crippen LogP contribution is 2.17. The van der Waals surface area contributed by atoms with Crippen LogP contribution in [0.25, 0.3) is 0 Å². The molecule has 0 aromatic heterocycles. The first kappa shape index (κ1) is 24.2. The van der Waals surface area contributed by atoms with E-state index in [1.807, 2.05) is 0 Å². The monoisotopic (exact) mass is 376 g/mol. The maximum Gasteiger partial charge on any atom is 0.307 e. The van der Waals surface area contributed by atoms with Gasteiger partial charge in [0, 0.05) is 5.75 Å². The first-order valence-electron chi connectivity index (χ1n) is 9.67. The Bertz CT molecular complexity index is 349. The molecule has 148 valence electrons. The third-order valence-electron chi connectivity index (χ3n) is 4.28. The number of thioether (sulfide) groups is 1. The first-order valence-corrected chi connectivity index (χ1v) is 10.8. The molecule has 0 aliphatic heterocycles.